The summed E-state index contributed by atoms with van der Waals surface area (Å²) in [5.74, 6) is 6.31. The first-order chi connectivity index (χ1) is 12.6. The molecule has 3 rings (SSSR count). The quantitative estimate of drug-likeness (QED) is 0.849. The monoisotopic (exact) mass is 353 g/mol. The molecule has 1 unspecified atom stereocenters. The Morgan fingerprint density at radius 2 is 1.85 bits per heavy atom. The van der Waals surface area contributed by atoms with Gasteiger partial charge in [-0.2, -0.15) is 0 Å². The number of urea groups is 1. The van der Waals surface area contributed by atoms with Gasteiger partial charge in [0, 0.05) is 24.7 Å². The molecule has 0 aromatic heterocycles. The molecule has 26 heavy (non-hydrogen) atoms. The normalized spacial score (nSPS) is 20.3. The molecule has 0 radical (unpaired) electrons. The van der Waals surface area contributed by atoms with E-state index >= 15 is 0 Å². The Bertz CT molecular complexity index is 686. The molecule has 0 spiro atoms. The fourth-order valence-corrected chi connectivity index (χ4v) is 3.96. The Hall–Kier alpha value is -2.48. The second kappa shape index (κ2) is 8.75. The maximum atomic E-state index is 13.2. The second-order valence-corrected chi connectivity index (χ2v) is 7.20. The molecular weight excluding hydrogens is 326 g/mol. The van der Waals surface area contributed by atoms with Gasteiger partial charge in [-0.25, -0.2) is 4.79 Å². The van der Waals surface area contributed by atoms with Crippen molar-refractivity contribution in [1.82, 2.24) is 9.80 Å². The highest BCUT2D eigenvalue weighted by molar-refractivity contribution is 5.81. The van der Waals surface area contributed by atoms with Gasteiger partial charge in [-0.1, -0.05) is 42.9 Å². The van der Waals surface area contributed by atoms with Crippen LogP contribution in [0.3, 0.4) is 0 Å². The van der Waals surface area contributed by atoms with Gasteiger partial charge in [-0.05, 0) is 37.8 Å². The summed E-state index contributed by atoms with van der Waals surface area (Å²) in [4.78, 5) is 28.2. The van der Waals surface area contributed by atoms with Crippen molar-refractivity contribution in [3.8, 4) is 11.8 Å². The summed E-state index contributed by atoms with van der Waals surface area (Å²) in [5.41, 5.74) is 6.37. The van der Waals surface area contributed by atoms with Crippen LogP contribution >= 0.6 is 0 Å². The first kappa shape index (κ1) is 18.3. The van der Waals surface area contributed by atoms with Gasteiger partial charge in [-0.15, -0.1) is 0 Å². The summed E-state index contributed by atoms with van der Waals surface area (Å²) in [5, 5.41) is 0. The number of rotatable bonds is 3. The largest absolute Gasteiger partial charge is 0.351 e. The van der Waals surface area contributed by atoms with Crippen LogP contribution in [0.2, 0.25) is 0 Å². The van der Waals surface area contributed by atoms with Crippen molar-refractivity contribution < 1.29 is 9.59 Å². The number of nitrogens with two attached hydrogens (primary N) is 1. The molecule has 1 heterocycles. The third-order valence-electron chi connectivity index (χ3n) is 5.39. The van der Waals surface area contributed by atoms with Gasteiger partial charge >= 0.3 is 6.03 Å². The summed E-state index contributed by atoms with van der Waals surface area (Å²) >= 11 is 0. The van der Waals surface area contributed by atoms with Crippen molar-refractivity contribution in [2.45, 2.75) is 44.6 Å². The lowest BCUT2D eigenvalue weighted by molar-refractivity contribution is -0.138. The van der Waals surface area contributed by atoms with Crippen LogP contribution in [-0.2, 0) is 4.79 Å². The highest BCUT2D eigenvalue weighted by atomic mass is 16.2. The van der Waals surface area contributed by atoms with Gasteiger partial charge in [0.15, 0.2) is 0 Å². The van der Waals surface area contributed by atoms with Crippen LogP contribution in [0.4, 0.5) is 4.79 Å². The number of piperidine rings is 1. The summed E-state index contributed by atoms with van der Waals surface area (Å²) in [7, 11) is 0. The maximum absolute atomic E-state index is 13.2. The molecule has 5 nitrogen and oxygen atoms in total. The molecule has 1 atom stereocenters. The standard InChI is InChI=1S/C21H27N3O2/c22-21(26)23-14-7-11-18(16-23)20(25)24(19-12-4-5-13-19)15-6-10-17-8-2-1-3-9-17/h1-3,8-9,18-19H,4-5,7,11-16H2,(H2,22,26). The fourth-order valence-electron chi connectivity index (χ4n) is 3.96. The summed E-state index contributed by atoms with van der Waals surface area (Å²) in [6.45, 7) is 1.53. The van der Waals surface area contributed by atoms with Crippen molar-refractivity contribution in [3.05, 3.63) is 35.9 Å². The molecule has 5 heteroatoms. The minimum absolute atomic E-state index is 0.130. The number of carbonyl (C=O) groups excluding carboxylic acids is 2. The average Bonchev–Trinajstić information content (AvgIpc) is 3.20. The highest BCUT2D eigenvalue weighted by Gasteiger charge is 2.34. The van der Waals surface area contributed by atoms with E-state index in [1.54, 1.807) is 4.90 Å². The number of hydrogen-bond donors (Lipinski definition) is 1. The predicted octanol–water partition coefficient (Wildman–Crippen LogP) is 2.60. The first-order valence-corrected chi connectivity index (χ1v) is 9.54. The Balaban J connectivity index is 1.70. The zero-order valence-corrected chi connectivity index (χ0v) is 15.2. The summed E-state index contributed by atoms with van der Waals surface area (Å²) in [6, 6.07) is 9.68. The molecule has 138 valence electrons. The minimum Gasteiger partial charge on any atom is -0.351 e. The number of amides is 3. The molecule has 1 saturated heterocycles. The molecule has 1 aromatic carbocycles. The van der Waals surface area contributed by atoms with E-state index in [0.29, 0.717) is 19.6 Å². The zero-order valence-electron chi connectivity index (χ0n) is 15.2. The topological polar surface area (TPSA) is 66.6 Å². The number of carbonyl (C=O) groups is 2. The number of hydrogen-bond acceptors (Lipinski definition) is 2. The van der Waals surface area contributed by atoms with Crippen molar-refractivity contribution >= 4 is 11.9 Å². The molecule has 3 amide bonds. The van der Waals surface area contributed by atoms with Crippen LogP contribution in [0.25, 0.3) is 0 Å². The number of primary amides is 1. The van der Waals surface area contributed by atoms with E-state index in [4.69, 9.17) is 5.73 Å². The van der Waals surface area contributed by atoms with E-state index in [9.17, 15) is 9.59 Å². The van der Waals surface area contributed by atoms with E-state index in [-0.39, 0.29) is 17.9 Å². The minimum atomic E-state index is -0.432. The molecule has 2 N–H and O–H groups in total. The lowest BCUT2D eigenvalue weighted by Gasteiger charge is -2.36. The van der Waals surface area contributed by atoms with Crippen LogP contribution in [0.15, 0.2) is 30.3 Å². The lowest BCUT2D eigenvalue weighted by atomic mass is 9.95. The van der Waals surface area contributed by atoms with Crippen LogP contribution in [0.1, 0.15) is 44.1 Å². The smallest absolute Gasteiger partial charge is 0.314 e. The number of nitrogens with zero attached hydrogens (tertiary/aromatic N) is 2. The molecule has 1 aromatic rings. The average molecular weight is 353 g/mol. The van der Waals surface area contributed by atoms with Gasteiger partial charge in [0.05, 0.1) is 12.5 Å². The molecule has 2 aliphatic rings. The zero-order chi connectivity index (χ0) is 18.4. The fraction of sp³-hybridized carbons (Fsp3) is 0.524. The molecule has 2 fully saturated rings. The van der Waals surface area contributed by atoms with E-state index in [2.05, 4.69) is 11.8 Å². The van der Waals surface area contributed by atoms with Crippen molar-refractivity contribution in [2.75, 3.05) is 19.6 Å². The molecular formula is C21H27N3O2. The van der Waals surface area contributed by atoms with E-state index in [1.807, 2.05) is 35.2 Å². The lowest BCUT2D eigenvalue weighted by Crippen LogP contribution is -2.50. The van der Waals surface area contributed by atoms with Crippen molar-refractivity contribution in [2.24, 2.45) is 11.7 Å². The summed E-state index contributed by atoms with van der Waals surface area (Å²) < 4.78 is 0. The van der Waals surface area contributed by atoms with Crippen LogP contribution < -0.4 is 5.73 Å². The number of likely N-dealkylation sites (tertiary alicyclic amines) is 1. The Labute approximate surface area is 155 Å². The Kier molecular flexibility index (Phi) is 6.17. The van der Waals surface area contributed by atoms with Gasteiger partial charge in [-0.3, -0.25) is 4.79 Å². The van der Waals surface area contributed by atoms with Crippen molar-refractivity contribution in [1.29, 1.82) is 0 Å². The molecule has 1 aliphatic carbocycles. The van der Waals surface area contributed by atoms with E-state index < -0.39 is 6.03 Å². The molecule has 1 aliphatic heterocycles. The predicted molar refractivity (Wildman–Crippen MR) is 101 cm³/mol. The molecule has 1 saturated carbocycles. The van der Waals surface area contributed by atoms with Crippen LogP contribution in [-0.4, -0.2) is 47.4 Å². The Morgan fingerprint density at radius 3 is 2.54 bits per heavy atom. The van der Waals surface area contributed by atoms with E-state index in [1.165, 1.54) is 12.8 Å². The van der Waals surface area contributed by atoms with Crippen LogP contribution in [0.5, 0.6) is 0 Å². The van der Waals surface area contributed by atoms with Crippen LogP contribution in [0, 0.1) is 17.8 Å². The second-order valence-electron chi connectivity index (χ2n) is 7.20. The Morgan fingerprint density at radius 1 is 1.12 bits per heavy atom. The number of benzene rings is 1. The highest BCUT2D eigenvalue weighted by Crippen LogP contribution is 2.27. The van der Waals surface area contributed by atoms with Gasteiger partial charge in [0.1, 0.15) is 0 Å². The van der Waals surface area contributed by atoms with Gasteiger partial charge < -0.3 is 15.5 Å². The van der Waals surface area contributed by atoms with Gasteiger partial charge in [0.2, 0.25) is 5.91 Å². The first-order valence-electron chi connectivity index (χ1n) is 9.54. The van der Waals surface area contributed by atoms with Gasteiger partial charge in [0.25, 0.3) is 0 Å². The SMILES string of the molecule is NC(=O)N1CCCC(C(=O)N(CC#Cc2ccccc2)C2CCCC2)C1. The molecule has 0 bridgehead atoms. The van der Waals surface area contributed by atoms with E-state index in [0.717, 1.165) is 31.2 Å². The van der Waals surface area contributed by atoms with Crippen molar-refractivity contribution in [3.63, 3.8) is 0 Å². The third-order valence-corrected chi connectivity index (χ3v) is 5.39. The summed E-state index contributed by atoms with van der Waals surface area (Å²) in [6.07, 6.45) is 6.07. The third kappa shape index (κ3) is 4.57. The maximum Gasteiger partial charge on any atom is 0.314 e.